The van der Waals surface area contributed by atoms with E-state index >= 15 is 0 Å². The molecule has 0 amide bonds. The maximum atomic E-state index is 10.8. The molecule has 7 heteroatoms. The summed E-state index contributed by atoms with van der Waals surface area (Å²) in [6, 6.07) is 4.59. The third-order valence-corrected chi connectivity index (χ3v) is 2.67. The van der Waals surface area contributed by atoms with Gasteiger partial charge in [0.15, 0.2) is 0 Å². The van der Waals surface area contributed by atoms with Crippen LogP contribution in [0.1, 0.15) is 18.4 Å². The van der Waals surface area contributed by atoms with E-state index in [1.54, 1.807) is 6.07 Å². The normalized spacial score (nSPS) is 10.6. The Labute approximate surface area is 109 Å². The smallest absolute Gasteiger partial charge is 0.270 e. The molecule has 0 radical (unpaired) electrons. The molecule has 7 nitrogen and oxygen atoms in total. The van der Waals surface area contributed by atoms with Gasteiger partial charge >= 0.3 is 0 Å². The molecule has 0 saturated heterocycles. The first kappa shape index (κ1) is 13.2. The molecule has 0 aliphatic rings. The number of nitro groups is 1. The van der Waals surface area contributed by atoms with Gasteiger partial charge in [0.25, 0.3) is 5.69 Å². The molecular formula is C12H14N4O3. The van der Waals surface area contributed by atoms with E-state index in [4.69, 9.17) is 4.52 Å². The van der Waals surface area contributed by atoms with Gasteiger partial charge in [0.1, 0.15) is 0 Å². The number of rotatable bonds is 5. The van der Waals surface area contributed by atoms with Gasteiger partial charge in [0.05, 0.1) is 11.5 Å². The van der Waals surface area contributed by atoms with Crippen LogP contribution >= 0.6 is 0 Å². The van der Waals surface area contributed by atoms with Crippen molar-refractivity contribution in [3.05, 3.63) is 39.8 Å². The highest BCUT2D eigenvalue weighted by Crippen LogP contribution is 2.25. The molecular weight excluding hydrogens is 248 g/mol. The Kier molecular flexibility index (Phi) is 3.86. The van der Waals surface area contributed by atoms with Gasteiger partial charge in [-0.2, -0.15) is 4.98 Å². The second-order valence-electron chi connectivity index (χ2n) is 4.05. The molecule has 0 aliphatic heterocycles. The van der Waals surface area contributed by atoms with E-state index in [2.05, 4.69) is 15.5 Å². The summed E-state index contributed by atoms with van der Waals surface area (Å²) in [5, 5.41) is 17.7. The van der Waals surface area contributed by atoms with Crippen LogP contribution in [0, 0.1) is 17.0 Å². The van der Waals surface area contributed by atoms with Crippen molar-refractivity contribution in [1.29, 1.82) is 0 Å². The van der Waals surface area contributed by atoms with E-state index < -0.39 is 4.92 Å². The molecule has 1 aromatic heterocycles. The summed E-state index contributed by atoms with van der Waals surface area (Å²) >= 11 is 0. The molecule has 19 heavy (non-hydrogen) atoms. The molecule has 100 valence electrons. The first-order valence-corrected chi connectivity index (χ1v) is 5.90. The molecule has 0 saturated carbocycles. The number of hydrogen-bond donors (Lipinski definition) is 1. The van der Waals surface area contributed by atoms with Crippen molar-refractivity contribution < 1.29 is 9.45 Å². The van der Waals surface area contributed by atoms with Gasteiger partial charge in [0, 0.05) is 17.7 Å². The highest BCUT2D eigenvalue weighted by atomic mass is 16.6. The van der Waals surface area contributed by atoms with E-state index in [9.17, 15) is 10.1 Å². The molecule has 0 atom stereocenters. The van der Waals surface area contributed by atoms with Crippen LogP contribution in [-0.4, -0.2) is 21.6 Å². The SMILES string of the molecule is CCNCc1nc(-c2cc([N+](=O)[O-])ccc2C)no1. The number of benzene rings is 1. The third kappa shape index (κ3) is 2.94. The zero-order valence-corrected chi connectivity index (χ0v) is 10.7. The molecule has 1 aromatic carbocycles. The van der Waals surface area contributed by atoms with Crippen molar-refractivity contribution in [3.63, 3.8) is 0 Å². The molecule has 2 aromatic rings. The highest BCUT2D eigenvalue weighted by Gasteiger charge is 2.15. The molecule has 2 rings (SSSR count). The minimum absolute atomic E-state index is 0.0126. The van der Waals surface area contributed by atoms with Crippen molar-refractivity contribution >= 4 is 5.69 Å². The first-order valence-electron chi connectivity index (χ1n) is 5.90. The Morgan fingerprint density at radius 2 is 2.26 bits per heavy atom. The second-order valence-corrected chi connectivity index (χ2v) is 4.05. The molecule has 0 bridgehead atoms. The van der Waals surface area contributed by atoms with Crippen LogP contribution < -0.4 is 5.32 Å². The molecule has 1 N–H and O–H groups in total. The minimum Gasteiger partial charge on any atom is -0.338 e. The van der Waals surface area contributed by atoms with Crippen LogP contribution in [0.2, 0.25) is 0 Å². The topological polar surface area (TPSA) is 94.1 Å². The van der Waals surface area contributed by atoms with Gasteiger partial charge in [-0.3, -0.25) is 10.1 Å². The fraction of sp³-hybridized carbons (Fsp3) is 0.333. The minimum atomic E-state index is -0.442. The number of aryl methyl sites for hydroxylation is 1. The molecule has 0 unspecified atom stereocenters. The average molecular weight is 262 g/mol. The fourth-order valence-electron chi connectivity index (χ4n) is 1.63. The Hall–Kier alpha value is -2.28. The quantitative estimate of drug-likeness (QED) is 0.654. The summed E-state index contributed by atoms with van der Waals surface area (Å²) in [7, 11) is 0. The second kappa shape index (κ2) is 5.57. The summed E-state index contributed by atoms with van der Waals surface area (Å²) in [5.74, 6) is 0.830. The third-order valence-electron chi connectivity index (χ3n) is 2.67. The maximum absolute atomic E-state index is 10.8. The Morgan fingerprint density at radius 1 is 1.47 bits per heavy atom. The zero-order chi connectivity index (χ0) is 13.8. The molecule has 0 spiro atoms. The Morgan fingerprint density at radius 3 is 2.95 bits per heavy atom. The van der Waals surface area contributed by atoms with Crippen LogP contribution in [0.5, 0.6) is 0 Å². The van der Waals surface area contributed by atoms with Gasteiger partial charge in [0.2, 0.25) is 11.7 Å². The standard InChI is InChI=1S/C12H14N4O3/c1-3-13-7-11-14-12(15-19-11)10-6-9(16(17)18)5-4-8(10)2/h4-6,13H,3,7H2,1-2H3. The number of hydrogen-bond acceptors (Lipinski definition) is 6. The maximum Gasteiger partial charge on any atom is 0.270 e. The van der Waals surface area contributed by atoms with E-state index in [1.807, 2.05) is 13.8 Å². The molecule has 1 heterocycles. The van der Waals surface area contributed by atoms with Crippen LogP contribution in [-0.2, 0) is 6.54 Å². The van der Waals surface area contributed by atoms with Gasteiger partial charge in [-0.1, -0.05) is 18.1 Å². The van der Waals surface area contributed by atoms with Gasteiger partial charge in [-0.15, -0.1) is 0 Å². The summed E-state index contributed by atoms with van der Waals surface area (Å²) in [6.07, 6.45) is 0. The van der Waals surface area contributed by atoms with Crippen molar-refractivity contribution in [2.45, 2.75) is 20.4 Å². The Bertz CT molecular complexity index is 594. The lowest BCUT2D eigenvalue weighted by Crippen LogP contribution is -2.11. The van der Waals surface area contributed by atoms with E-state index in [1.165, 1.54) is 12.1 Å². The largest absolute Gasteiger partial charge is 0.338 e. The van der Waals surface area contributed by atoms with Crippen molar-refractivity contribution in [2.24, 2.45) is 0 Å². The number of nitro benzene ring substituents is 1. The number of aromatic nitrogens is 2. The van der Waals surface area contributed by atoms with Crippen molar-refractivity contribution in [1.82, 2.24) is 15.5 Å². The fourth-order valence-corrected chi connectivity index (χ4v) is 1.63. The average Bonchev–Trinajstić information content (AvgIpc) is 2.85. The predicted octanol–water partition coefficient (Wildman–Crippen LogP) is 2.06. The van der Waals surface area contributed by atoms with Crippen LogP contribution in [0.25, 0.3) is 11.4 Å². The lowest BCUT2D eigenvalue weighted by molar-refractivity contribution is -0.384. The lowest BCUT2D eigenvalue weighted by atomic mass is 10.1. The predicted molar refractivity (Wildman–Crippen MR) is 68.5 cm³/mol. The summed E-state index contributed by atoms with van der Waals surface area (Å²) < 4.78 is 5.08. The number of nitrogens with zero attached hydrogens (tertiary/aromatic N) is 3. The van der Waals surface area contributed by atoms with Crippen LogP contribution in [0.15, 0.2) is 22.7 Å². The monoisotopic (exact) mass is 262 g/mol. The summed E-state index contributed by atoms with van der Waals surface area (Å²) in [6.45, 7) is 5.10. The molecule has 0 aliphatic carbocycles. The van der Waals surface area contributed by atoms with Crippen molar-refractivity contribution in [2.75, 3.05) is 6.54 Å². The van der Waals surface area contributed by atoms with Gasteiger partial charge in [-0.25, -0.2) is 0 Å². The summed E-state index contributed by atoms with van der Waals surface area (Å²) in [5.41, 5.74) is 1.49. The van der Waals surface area contributed by atoms with Crippen LogP contribution in [0.3, 0.4) is 0 Å². The highest BCUT2D eigenvalue weighted by molar-refractivity contribution is 5.63. The number of nitrogens with one attached hydrogen (secondary N) is 1. The van der Waals surface area contributed by atoms with E-state index in [0.29, 0.717) is 23.8 Å². The first-order chi connectivity index (χ1) is 9.11. The lowest BCUT2D eigenvalue weighted by Gasteiger charge is -2.00. The number of non-ortho nitro benzene ring substituents is 1. The van der Waals surface area contributed by atoms with Gasteiger partial charge in [-0.05, 0) is 19.0 Å². The zero-order valence-electron chi connectivity index (χ0n) is 10.7. The van der Waals surface area contributed by atoms with E-state index in [-0.39, 0.29) is 5.69 Å². The van der Waals surface area contributed by atoms with E-state index in [0.717, 1.165) is 12.1 Å². The Balaban J connectivity index is 2.32. The van der Waals surface area contributed by atoms with Crippen LogP contribution in [0.4, 0.5) is 5.69 Å². The van der Waals surface area contributed by atoms with Crippen molar-refractivity contribution in [3.8, 4) is 11.4 Å². The molecule has 0 fully saturated rings. The van der Waals surface area contributed by atoms with Gasteiger partial charge < -0.3 is 9.84 Å². The summed E-state index contributed by atoms with van der Waals surface area (Å²) in [4.78, 5) is 14.5.